The summed E-state index contributed by atoms with van der Waals surface area (Å²) in [6.45, 7) is 4.61. The molecule has 33 heavy (non-hydrogen) atoms. The average molecular weight is 450 g/mol. The van der Waals surface area contributed by atoms with Gasteiger partial charge in [0, 0.05) is 13.1 Å². The molecule has 1 aliphatic rings. The number of nitrogens with zero attached hydrogens (tertiary/aromatic N) is 2. The zero-order valence-corrected chi connectivity index (χ0v) is 19.8. The molecule has 0 saturated carbocycles. The minimum absolute atomic E-state index is 0.228. The zero-order chi connectivity index (χ0) is 23.7. The second kappa shape index (κ2) is 11.6. The Labute approximate surface area is 197 Å². The van der Waals surface area contributed by atoms with Crippen molar-refractivity contribution in [3.63, 3.8) is 0 Å². The fraction of sp³-hybridized carbons (Fsp3) is 0.444. The first-order valence-electron chi connectivity index (χ1n) is 11.9. The summed E-state index contributed by atoms with van der Waals surface area (Å²) in [5.74, 6) is -0.534. The van der Waals surface area contributed by atoms with Crippen LogP contribution in [0.4, 0.5) is 4.79 Å². The number of benzene rings is 2. The third-order valence-corrected chi connectivity index (χ3v) is 6.25. The summed E-state index contributed by atoms with van der Waals surface area (Å²) in [4.78, 5) is 41.8. The molecule has 3 rings (SSSR count). The van der Waals surface area contributed by atoms with E-state index >= 15 is 0 Å². The zero-order valence-electron chi connectivity index (χ0n) is 19.8. The van der Waals surface area contributed by atoms with Crippen LogP contribution in [0.2, 0.25) is 0 Å². The maximum absolute atomic E-state index is 13.3. The summed E-state index contributed by atoms with van der Waals surface area (Å²) >= 11 is 0. The Morgan fingerprint density at radius 2 is 1.58 bits per heavy atom. The van der Waals surface area contributed by atoms with E-state index < -0.39 is 11.6 Å². The topological polar surface area (TPSA) is 69.7 Å². The van der Waals surface area contributed by atoms with Gasteiger partial charge in [-0.3, -0.25) is 14.5 Å². The number of urea groups is 1. The molecular weight excluding hydrogens is 414 g/mol. The monoisotopic (exact) mass is 449 g/mol. The van der Waals surface area contributed by atoms with Crippen LogP contribution in [-0.2, 0) is 22.6 Å². The van der Waals surface area contributed by atoms with Gasteiger partial charge in [-0.1, -0.05) is 93.3 Å². The van der Waals surface area contributed by atoms with Gasteiger partial charge in [0.15, 0.2) is 0 Å². The highest BCUT2D eigenvalue weighted by molar-refractivity contribution is 6.08. The van der Waals surface area contributed by atoms with Gasteiger partial charge < -0.3 is 10.2 Å². The molecule has 1 saturated heterocycles. The van der Waals surface area contributed by atoms with Gasteiger partial charge in [-0.2, -0.15) is 0 Å². The molecule has 4 amide bonds. The van der Waals surface area contributed by atoms with Crippen LogP contribution >= 0.6 is 0 Å². The van der Waals surface area contributed by atoms with E-state index in [-0.39, 0.29) is 18.4 Å². The number of carbonyl (C=O) groups excluding carboxylic acids is 3. The minimum Gasteiger partial charge on any atom is -0.336 e. The van der Waals surface area contributed by atoms with Crippen LogP contribution < -0.4 is 5.32 Å². The fourth-order valence-electron chi connectivity index (χ4n) is 4.21. The van der Waals surface area contributed by atoms with Gasteiger partial charge in [0.1, 0.15) is 12.1 Å². The van der Waals surface area contributed by atoms with Crippen molar-refractivity contribution in [1.82, 2.24) is 15.1 Å². The Hall–Kier alpha value is -3.15. The van der Waals surface area contributed by atoms with Gasteiger partial charge in [0.2, 0.25) is 5.91 Å². The summed E-state index contributed by atoms with van der Waals surface area (Å²) in [7, 11) is 0. The van der Waals surface area contributed by atoms with E-state index in [1.807, 2.05) is 60.7 Å². The number of nitrogens with one attached hydrogen (secondary N) is 1. The fourth-order valence-corrected chi connectivity index (χ4v) is 4.21. The van der Waals surface area contributed by atoms with Crippen LogP contribution in [0.25, 0.3) is 0 Å². The lowest BCUT2D eigenvalue weighted by atomic mass is 9.94. The second-order valence-corrected chi connectivity index (χ2v) is 9.00. The molecule has 6 nitrogen and oxygen atoms in total. The molecule has 1 unspecified atom stereocenters. The van der Waals surface area contributed by atoms with Crippen LogP contribution in [0, 0.1) is 0 Å². The molecule has 0 bridgehead atoms. The SMILES string of the molecule is CCCCCCC1(C)NC(=O)N(CC(=O)N(CCc2ccccc2)Cc2ccccc2)C1=O. The second-order valence-electron chi connectivity index (χ2n) is 9.00. The number of imide groups is 1. The van der Waals surface area contributed by atoms with Crippen LogP contribution in [0.3, 0.4) is 0 Å². The van der Waals surface area contributed by atoms with Crippen molar-refractivity contribution in [2.75, 3.05) is 13.1 Å². The van der Waals surface area contributed by atoms with Crippen molar-refractivity contribution >= 4 is 17.8 Å². The summed E-state index contributed by atoms with van der Waals surface area (Å²) in [6, 6.07) is 19.3. The Bertz CT molecular complexity index is 932. The van der Waals surface area contributed by atoms with Gasteiger partial charge >= 0.3 is 6.03 Å². The highest BCUT2D eigenvalue weighted by Crippen LogP contribution is 2.24. The average Bonchev–Trinajstić information content (AvgIpc) is 3.04. The quantitative estimate of drug-likeness (QED) is 0.382. The Morgan fingerprint density at radius 1 is 0.939 bits per heavy atom. The Kier molecular flexibility index (Phi) is 8.64. The van der Waals surface area contributed by atoms with Gasteiger partial charge in [0.25, 0.3) is 5.91 Å². The minimum atomic E-state index is -0.931. The third kappa shape index (κ3) is 6.67. The van der Waals surface area contributed by atoms with Crippen molar-refractivity contribution in [3.8, 4) is 0 Å². The molecule has 6 heteroatoms. The lowest BCUT2D eigenvalue weighted by Gasteiger charge is -2.26. The van der Waals surface area contributed by atoms with E-state index in [1.165, 1.54) is 0 Å². The van der Waals surface area contributed by atoms with Crippen molar-refractivity contribution in [3.05, 3.63) is 71.8 Å². The molecule has 1 N–H and O–H groups in total. The lowest BCUT2D eigenvalue weighted by Crippen LogP contribution is -2.46. The molecule has 1 aliphatic heterocycles. The Morgan fingerprint density at radius 3 is 2.21 bits per heavy atom. The number of rotatable bonds is 12. The number of unbranched alkanes of at least 4 members (excludes halogenated alkanes) is 3. The van der Waals surface area contributed by atoms with Gasteiger partial charge in [-0.15, -0.1) is 0 Å². The molecule has 0 aromatic heterocycles. The first-order chi connectivity index (χ1) is 15.9. The number of carbonyl (C=O) groups is 3. The van der Waals surface area contributed by atoms with E-state index in [0.717, 1.165) is 41.7 Å². The predicted molar refractivity (Wildman–Crippen MR) is 129 cm³/mol. The molecule has 2 aromatic carbocycles. The van der Waals surface area contributed by atoms with E-state index in [0.29, 0.717) is 25.9 Å². The summed E-state index contributed by atoms with van der Waals surface area (Å²) in [5.41, 5.74) is 1.22. The van der Waals surface area contributed by atoms with E-state index in [1.54, 1.807) is 11.8 Å². The standard InChI is InChI=1S/C27H35N3O3/c1-3-4-5-12-18-27(2)25(32)30(26(33)28-27)21-24(31)29(20-23-15-10-7-11-16-23)19-17-22-13-8-6-9-14-22/h6-11,13-16H,3-5,12,17-21H2,1-2H3,(H,28,33). The largest absolute Gasteiger partial charge is 0.336 e. The molecule has 1 fully saturated rings. The highest BCUT2D eigenvalue weighted by atomic mass is 16.2. The molecular formula is C27H35N3O3. The van der Waals surface area contributed by atoms with Crippen LogP contribution in [0.5, 0.6) is 0 Å². The first kappa shape index (κ1) is 24.5. The number of amides is 4. The van der Waals surface area contributed by atoms with Crippen molar-refractivity contribution < 1.29 is 14.4 Å². The molecule has 0 aliphatic carbocycles. The summed E-state index contributed by atoms with van der Waals surface area (Å²) < 4.78 is 0. The van der Waals surface area contributed by atoms with Crippen molar-refractivity contribution in [1.29, 1.82) is 0 Å². The normalized spacial score (nSPS) is 17.8. The number of hydrogen-bond acceptors (Lipinski definition) is 3. The maximum atomic E-state index is 13.3. The summed E-state index contributed by atoms with van der Waals surface area (Å²) in [5, 5.41) is 2.83. The molecule has 0 radical (unpaired) electrons. The maximum Gasteiger partial charge on any atom is 0.325 e. The predicted octanol–water partition coefficient (Wildman–Crippen LogP) is 4.54. The molecule has 0 spiro atoms. The van der Waals surface area contributed by atoms with Gasteiger partial charge in [-0.05, 0) is 30.9 Å². The Balaban J connectivity index is 1.67. The van der Waals surface area contributed by atoms with E-state index in [9.17, 15) is 14.4 Å². The molecule has 1 heterocycles. The molecule has 1 atom stereocenters. The van der Waals surface area contributed by atoms with Crippen molar-refractivity contribution in [2.45, 2.75) is 64.5 Å². The number of hydrogen-bond donors (Lipinski definition) is 1. The van der Waals surface area contributed by atoms with Gasteiger partial charge in [-0.25, -0.2) is 4.79 Å². The van der Waals surface area contributed by atoms with Gasteiger partial charge in [0.05, 0.1) is 0 Å². The van der Waals surface area contributed by atoms with E-state index in [2.05, 4.69) is 12.2 Å². The van der Waals surface area contributed by atoms with E-state index in [4.69, 9.17) is 0 Å². The smallest absolute Gasteiger partial charge is 0.325 e. The van der Waals surface area contributed by atoms with Crippen molar-refractivity contribution in [2.24, 2.45) is 0 Å². The molecule has 2 aromatic rings. The van der Waals surface area contributed by atoms with Crippen LogP contribution in [0.1, 0.15) is 57.1 Å². The molecule has 176 valence electrons. The summed E-state index contributed by atoms with van der Waals surface area (Å²) in [6.07, 6.45) is 5.40. The first-order valence-corrected chi connectivity index (χ1v) is 11.9. The van der Waals surface area contributed by atoms with Crippen LogP contribution in [0.15, 0.2) is 60.7 Å². The lowest BCUT2D eigenvalue weighted by molar-refractivity contribution is -0.139. The third-order valence-electron chi connectivity index (χ3n) is 6.25. The van der Waals surface area contributed by atoms with Crippen LogP contribution in [-0.4, -0.2) is 46.3 Å². The highest BCUT2D eigenvalue weighted by Gasteiger charge is 2.48.